The lowest BCUT2D eigenvalue weighted by Crippen LogP contribution is -2.54. The number of morpholine rings is 1. The number of hydrogen-bond donors (Lipinski definition) is 0. The van der Waals surface area contributed by atoms with Gasteiger partial charge in [-0.2, -0.15) is 0 Å². The van der Waals surface area contributed by atoms with Crippen molar-refractivity contribution < 1.29 is 14.3 Å². The number of carbonyl (C=O) groups excluding carboxylic acids is 2. The third-order valence-corrected chi connectivity index (χ3v) is 5.36. The molecule has 2 heterocycles. The molecule has 6 nitrogen and oxygen atoms in total. The van der Waals surface area contributed by atoms with E-state index in [1.165, 1.54) is 19.3 Å². The van der Waals surface area contributed by atoms with E-state index in [9.17, 15) is 9.59 Å². The zero-order chi connectivity index (χ0) is 16.1. The summed E-state index contributed by atoms with van der Waals surface area (Å²) in [6.07, 6.45) is 5.75. The highest BCUT2D eigenvalue weighted by Gasteiger charge is 2.30. The summed E-state index contributed by atoms with van der Waals surface area (Å²) in [4.78, 5) is 31.0. The van der Waals surface area contributed by atoms with Gasteiger partial charge in [0.25, 0.3) is 0 Å². The van der Waals surface area contributed by atoms with E-state index in [1.54, 1.807) is 0 Å². The Morgan fingerprint density at radius 1 is 0.826 bits per heavy atom. The van der Waals surface area contributed by atoms with Crippen LogP contribution in [0.25, 0.3) is 0 Å². The van der Waals surface area contributed by atoms with Gasteiger partial charge in [-0.25, -0.2) is 0 Å². The highest BCUT2D eigenvalue weighted by Crippen LogP contribution is 2.25. The molecule has 3 rings (SSSR count). The number of amides is 2. The molecule has 3 fully saturated rings. The van der Waals surface area contributed by atoms with Gasteiger partial charge < -0.3 is 14.5 Å². The van der Waals surface area contributed by atoms with Crippen molar-refractivity contribution in [2.24, 2.45) is 5.92 Å². The van der Waals surface area contributed by atoms with Gasteiger partial charge >= 0.3 is 0 Å². The average Bonchev–Trinajstić information content (AvgIpc) is 2.63. The van der Waals surface area contributed by atoms with Gasteiger partial charge in [0.1, 0.15) is 0 Å². The molecule has 0 N–H and O–H groups in total. The predicted octanol–water partition coefficient (Wildman–Crippen LogP) is 0.570. The van der Waals surface area contributed by atoms with Crippen LogP contribution in [-0.4, -0.2) is 85.5 Å². The fourth-order valence-electron chi connectivity index (χ4n) is 3.83. The molecule has 2 amide bonds. The van der Waals surface area contributed by atoms with Crippen molar-refractivity contribution in [3.8, 4) is 0 Å². The summed E-state index contributed by atoms with van der Waals surface area (Å²) in [6.45, 7) is 6.36. The van der Waals surface area contributed by atoms with Gasteiger partial charge in [0.15, 0.2) is 0 Å². The molecule has 0 aromatic carbocycles. The van der Waals surface area contributed by atoms with E-state index in [2.05, 4.69) is 4.90 Å². The Balaban J connectivity index is 1.42. The molecule has 130 valence electrons. The van der Waals surface area contributed by atoms with Crippen molar-refractivity contribution in [1.29, 1.82) is 0 Å². The van der Waals surface area contributed by atoms with E-state index >= 15 is 0 Å². The molecule has 2 saturated heterocycles. The van der Waals surface area contributed by atoms with Crippen LogP contribution < -0.4 is 0 Å². The van der Waals surface area contributed by atoms with Crippen LogP contribution in [0.1, 0.15) is 32.1 Å². The Morgan fingerprint density at radius 2 is 1.43 bits per heavy atom. The van der Waals surface area contributed by atoms with Crippen molar-refractivity contribution in [2.75, 3.05) is 59.0 Å². The van der Waals surface area contributed by atoms with Gasteiger partial charge in [0.05, 0.1) is 19.8 Å². The van der Waals surface area contributed by atoms with Crippen LogP contribution in [0.2, 0.25) is 0 Å². The minimum atomic E-state index is 0.191. The fourth-order valence-corrected chi connectivity index (χ4v) is 3.83. The maximum atomic E-state index is 12.5. The lowest BCUT2D eigenvalue weighted by molar-refractivity contribution is -0.143. The molecule has 1 aliphatic carbocycles. The second-order valence-electron chi connectivity index (χ2n) is 6.93. The number of hydrogen-bond acceptors (Lipinski definition) is 4. The summed E-state index contributed by atoms with van der Waals surface area (Å²) >= 11 is 0. The molecule has 23 heavy (non-hydrogen) atoms. The summed E-state index contributed by atoms with van der Waals surface area (Å²) in [7, 11) is 0. The zero-order valence-electron chi connectivity index (χ0n) is 14.0. The summed E-state index contributed by atoms with van der Waals surface area (Å²) < 4.78 is 5.31. The molecule has 2 aliphatic heterocycles. The van der Waals surface area contributed by atoms with E-state index in [0.29, 0.717) is 38.6 Å². The third kappa shape index (κ3) is 4.44. The van der Waals surface area contributed by atoms with Gasteiger partial charge in [-0.15, -0.1) is 0 Å². The Labute approximate surface area is 138 Å². The van der Waals surface area contributed by atoms with Crippen molar-refractivity contribution in [3.63, 3.8) is 0 Å². The lowest BCUT2D eigenvalue weighted by atomic mass is 9.88. The zero-order valence-corrected chi connectivity index (χ0v) is 14.0. The molecule has 6 heteroatoms. The largest absolute Gasteiger partial charge is 0.379 e. The minimum absolute atomic E-state index is 0.191. The van der Waals surface area contributed by atoms with Gasteiger partial charge in [0, 0.05) is 45.2 Å². The smallest absolute Gasteiger partial charge is 0.236 e. The van der Waals surface area contributed by atoms with Gasteiger partial charge in [-0.3, -0.25) is 14.5 Å². The van der Waals surface area contributed by atoms with Crippen LogP contribution in [0.5, 0.6) is 0 Å². The van der Waals surface area contributed by atoms with Gasteiger partial charge in [-0.05, 0) is 12.8 Å². The maximum absolute atomic E-state index is 12.5. The monoisotopic (exact) mass is 323 g/mol. The van der Waals surface area contributed by atoms with Crippen LogP contribution in [0.15, 0.2) is 0 Å². The fraction of sp³-hybridized carbons (Fsp3) is 0.882. The Hall–Kier alpha value is -1.14. The normalized spacial score (nSPS) is 24.7. The predicted molar refractivity (Wildman–Crippen MR) is 87.0 cm³/mol. The van der Waals surface area contributed by atoms with Crippen LogP contribution in [0, 0.1) is 5.92 Å². The van der Waals surface area contributed by atoms with E-state index in [0.717, 1.165) is 39.1 Å². The van der Waals surface area contributed by atoms with Crippen LogP contribution in [-0.2, 0) is 14.3 Å². The topological polar surface area (TPSA) is 53.1 Å². The molecule has 3 aliphatic rings. The Kier molecular flexibility index (Phi) is 5.89. The molecule has 0 aromatic rings. The van der Waals surface area contributed by atoms with Crippen molar-refractivity contribution in [2.45, 2.75) is 32.1 Å². The third-order valence-electron chi connectivity index (χ3n) is 5.36. The number of piperazine rings is 1. The lowest BCUT2D eigenvalue weighted by Gasteiger charge is -2.38. The van der Waals surface area contributed by atoms with Crippen LogP contribution >= 0.6 is 0 Å². The molecule has 1 saturated carbocycles. The Morgan fingerprint density at radius 3 is 2.09 bits per heavy atom. The number of carbonyl (C=O) groups is 2. The molecule has 0 bridgehead atoms. The maximum Gasteiger partial charge on any atom is 0.236 e. The second-order valence-corrected chi connectivity index (χ2v) is 6.93. The standard InChI is InChI=1S/C17H29N3O3/c21-16(14-18-10-12-23-13-11-18)19-6-8-20(9-7-19)17(22)15-4-2-1-3-5-15/h15H,1-14H2. The van der Waals surface area contributed by atoms with Crippen LogP contribution in [0.3, 0.4) is 0 Å². The first-order valence-electron chi connectivity index (χ1n) is 9.11. The van der Waals surface area contributed by atoms with Crippen molar-refractivity contribution in [3.05, 3.63) is 0 Å². The summed E-state index contributed by atoms with van der Waals surface area (Å²) in [5.74, 6) is 0.751. The first kappa shape index (κ1) is 16.7. The quantitative estimate of drug-likeness (QED) is 0.762. The highest BCUT2D eigenvalue weighted by atomic mass is 16.5. The van der Waals surface area contributed by atoms with Gasteiger partial charge in [-0.1, -0.05) is 19.3 Å². The van der Waals surface area contributed by atoms with E-state index in [1.807, 2.05) is 9.80 Å². The number of rotatable bonds is 3. The minimum Gasteiger partial charge on any atom is -0.379 e. The molecule has 0 aromatic heterocycles. The molecule has 0 unspecified atom stereocenters. The van der Waals surface area contributed by atoms with Crippen molar-refractivity contribution >= 4 is 11.8 Å². The summed E-state index contributed by atoms with van der Waals surface area (Å²) in [5, 5.41) is 0. The first-order valence-corrected chi connectivity index (χ1v) is 9.11. The molecule has 0 atom stereocenters. The Bertz CT molecular complexity index is 409. The van der Waals surface area contributed by atoms with Crippen LogP contribution in [0.4, 0.5) is 0 Å². The summed E-state index contributed by atoms with van der Waals surface area (Å²) in [6, 6.07) is 0. The van der Waals surface area contributed by atoms with E-state index in [-0.39, 0.29) is 11.8 Å². The highest BCUT2D eigenvalue weighted by molar-refractivity contribution is 5.80. The molecule has 0 radical (unpaired) electrons. The van der Waals surface area contributed by atoms with E-state index < -0.39 is 0 Å². The van der Waals surface area contributed by atoms with E-state index in [4.69, 9.17) is 4.74 Å². The summed E-state index contributed by atoms with van der Waals surface area (Å²) in [5.41, 5.74) is 0. The molecule has 0 spiro atoms. The van der Waals surface area contributed by atoms with Crippen molar-refractivity contribution in [1.82, 2.24) is 14.7 Å². The number of ether oxygens (including phenoxy) is 1. The molecular weight excluding hydrogens is 294 g/mol. The van der Waals surface area contributed by atoms with Gasteiger partial charge in [0.2, 0.25) is 11.8 Å². The average molecular weight is 323 g/mol. The SMILES string of the molecule is O=C(CN1CCOCC1)N1CCN(C(=O)C2CCCCC2)CC1. The second kappa shape index (κ2) is 8.11. The first-order chi connectivity index (χ1) is 11.2. The number of nitrogens with zero attached hydrogens (tertiary/aromatic N) is 3. The molecular formula is C17H29N3O3.